The Morgan fingerprint density at radius 1 is 1.37 bits per heavy atom. The zero-order valence-electron chi connectivity index (χ0n) is 11.6. The number of rotatable bonds is 3. The molecule has 0 bridgehead atoms. The van der Waals surface area contributed by atoms with E-state index < -0.39 is 0 Å². The van der Waals surface area contributed by atoms with Crippen LogP contribution in [0.3, 0.4) is 0 Å². The van der Waals surface area contributed by atoms with Crippen molar-refractivity contribution in [3.8, 4) is 0 Å². The van der Waals surface area contributed by atoms with Crippen LogP contribution in [0.15, 0.2) is 12.3 Å². The molecule has 19 heavy (non-hydrogen) atoms. The number of aromatic nitrogens is 1. The number of H-pyrrole nitrogens is 1. The number of amides is 1. The van der Waals surface area contributed by atoms with Crippen molar-refractivity contribution in [1.82, 2.24) is 15.2 Å². The third-order valence-corrected chi connectivity index (χ3v) is 4.58. The number of carbonyl (C=O) groups is 1. The number of aromatic amines is 1. The van der Waals surface area contributed by atoms with Gasteiger partial charge in [-0.25, -0.2) is 0 Å². The first-order valence-electron chi connectivity index (χ1n) is 7.43. The fourth-order valence-electron chi connectivity index (χ4n) is 3.46. The Hall–Kier alpha value is -1.29. The minimum absolute atomic E-state index is 0.0424. The monoisotopic (exact) mass is 261 g/mol. The number of nitrogens with zero attached hydrogens (tertiary/aromatic N) is 1. The molecule has 1 aromatic rings. The van der Waals surface area contributed by atoms with Crippen molar-refractivity contribution in [2.45, 2.75) is 51.1 Å². The molecule has 1 aromatic heterocycles. The molecule has 1 aliphatic heterocycles. The third-order valence-electron chi connectivity index (χ3n) is 4.58. The Bertz CT molecular complexity index is 448. The first kappa shape index (κ1) is 12.7. The van der Waals surface area contributed by atoms with Gasteiger partial charge in [-0.1, -0.05) is 12.8 Å². The summed E-state index contributed by atoms with van der Waals surface area (Å²) in [5, 5.41) is 3.16. The maximum Gasteiger partial charge on any atom is 0.268 e. The molecule has 2 aliphatic rings. The summed E-state index contributed by atoms with van der Waals surface area (Å²) < 4.78 is 0. The van der Waals surface area contributed by atoms with Crippen molar-refractivity contribution in [2.75, 3.05) is 13.1 Å². The van der Waals surface area contributed by atoms with Gasteiger partial charge < -0.3 is 10.3 Å². The highest BCUT2D eigenvalue weighted by Gasteiger charge is 2.30. The first-order valence-corrected chi connectivity index (χ1v) is 7.43. The Balaban J connectivity index is 1.54. The molecule has 4 nitrogen and oxygen atoms in total. The summed E-state index contributed by atoms with van der Waals surface area (Å²) in [5.41, 5.74) is 1.72. The Morgan fingerprint density at radius 3 is 2.84 bits per heavy atom. The van der Waals surface area contributed by atoms with Crippen LogP contribution in [0.1, 0.15) is 48.2 Å². The molecule has 1 aliphatic carbocycles. The average Bonchev–Trinajstić information content (AvgIpc) is 3.07. The fraction of sp³-hybridized carbons (Fsp3) is 0.667. The van der Waals surface area contributed by atoms with Gasteiger partial charge in [0.2, 0.25) is 0 Å². The SMILES string of the molecule is Cc1cc[nH]c1C(=O)NC1CCN(C2CCCC2)C1. The van der Waals surface area contributed by atoms with Crippen molar-refractivity contribution < 1.29 is 4.79 Å². The number of hydrogen-bond acceptors (Lipinski definition) is 2. The van der Waals surface area contributed by atoms with Crippen LogP contribution in [0.5, 0.6) is 0 Å². The van der Waals surface area contributed by atoms with Crippen LogP contribution in [-0.2, 0) is 0 Å². The second kappa shape index (κ2) is 5.37. The Kier molecular flexibility index (Phi) is 3.60. The van der Waals surface area contributed by atoms with E-state index in [-0.39, 0.29) is 5.91 Å². The van der Waals surface area contributed by atoms with E-state index in [0.29, 0.717) is 11.7 Å². The van der Waals surface area contributed by atoms with Crippen molar-refractivity contribution >= 4 is 5.91 Å². The average molecular weight is 261 g/mol. The second-order valence-electron chi connectivity index (χ2n) is 5.93. The molecule has 0 aromatic carbocycles. The molecule has 1 saturated heterocycles. The Labute approximate surface area is 114 Å². The van der Waals surface area contributed by atoms with E-state index in [9.17, 15) is 4.79 Å². The summed E-state index contributed by atoms with van der Waals surface area (Å²) in [6, 6.07) is 3.03. The van der Waals surface area contributed by atoms with Gasteiger partial charge in [0.15, 0.2) is 0 Å². The number of likely N-dealkylation sites (tertiary alicyclic amines) is 1. The molecule has 4 heteroatoms. The van der Waals surface area contributed by atoms with Crippen molar-refractivity contribution in [3.05, 3.63) is 23.5 Å². The molecule has 1 amide bonds. The number of carbonyl (C=O) groups excluding carboxylic acids is 1. The number of hydrogen-bond donors (Lipinski definition) is 2. The van der Waals surface area contributed by atoms with Gasteiger partial charge in [-0.3, -0.25) is 9.69 Å². The van der Waals surface area contributed by atoms with Crippen LogP contribution >= 0.6 is 0 Å². The van der Waals surface area contributed by atoms with Gasteiger partial charge in [0.05, 0.1) is 0 Å². The van der Waals surface area contributed by atoms with Crippen LogP contribution in [0.4, 0.5) is 0 Å². The van der Waals surface area contributed by atoms with E-state index in [0.717, 1.165) is 31.1 Å². The molecule has 1 atom stereocenters. The number of aryl methyl sites for hydroxylation is 1. The van der Waals surface area contributed by atoms with Gasteiger partial charge in [-0.15, -0.1) is 0 Å². The van der Waals surface area contributed by atoms with Gasteiger partial charge in [-0.05, 0) is 37.8 Å². The highest BCUT2D eigenvalue weighted by atomic mass is 16.2. The summed E-state index contributed by atoms with van der Waals surface area (Å²) >= 11 is 0. The summed E-state index contributed by atoms with van der Waals surface area (Å²) in [4.78, 5) is 17.7. The summed E-state index contributed by atoms with van der Waals surface area (Å²) in [5.74, 6) is 0.0424. The maximum atomic E-state index is 12.1. The fourth-order valence-corrected chi connectivity index (χ4v) is 3.46. The van der Waals surface area contributed by atoms with Crippen LogP contribution in [-0.4, -0.2) is 41.0 Å². The van der Waals surface area contributed by atoms with Crippen molar-refractivity contribution in [2.24, 2.45) is 0 Å². The van der Waals surface area contributed by atoms with Crippen LogP contribution in [0.25, 0.3) is 0 Å². The minimum Gasteiger partial charge on any atom is -0.357 e. The lowest BCUT2D eigenvalue weighted by molar-refractivity contribution is 0.0931. The molecule has 0 spiro atoms. The molecular formula is C15H23N3O. The molecule has 2 heterocycles. The molecule has 104 valence electrons. The molecule has 3 rings (SSSR count). The van der Waals surface area contributed by atoms with Gasteiger partial charge >= 0.3 is 0 Å². The van der Waals surface area contributed by atoms with E-state index in [1.165, 1.54) is 25.7 Å². The predicted molar refractivity (Wildman–Crippen MR) is 75.2 cm³/mol. The van der Waals surface area contributed by atoms with Crippen molar-refractivity contribution in [3.63, 3.8) is 0 Å². The largest absolute Gasteiger partial charge is 0.357 e. The molecule has 1 saturated carbocycles. The zero-order chi connectivity index (χ0) is 13.2. The molecule has 0 radical (unpaired) electrons. The predicted octanol–water partition coefficient (Wildman–Crippen LogP) is 2.07. The Morgan fingerprint density at radius 2 is 2.16 bits per heavy atom. The molecule has 1 unspecified atom stereocenters. The molecule has 2 N–H and O–H groups in total. The van der Waals surface area contributed by atoms with Gasteiger partial charge in [-0.2, -0.15) is 0 Å². The van der Waals surface area contributed by atoms with Crippen LogP contribution in [0.2, 0.25) is 0 Å². The van der Waals surface area contributed by atoms with Gasteiger partial charge in [0, 0.05) is 31.4 Å². The van der Waals surface area contributed by atoms with E-state index in [4.69, 9.17) is 0 Å². The summed E-state index contributed by atoms with van der Waals surface area (Å²) in [7, 11) is 0. The zero-order valence-corrected chi connectivity index (χ0v) is 11.6. The lowest BCUT2D eigenvalue weighted by atomic mass is 10.2. The van der Waals surface area contributed by atoms with Crippen molar-refractivity contribution in [1.29, 1.82) is 0 Å². The third kappa shape index (κ3) is 2.68. The highest BCUT2D eigenvalue weighted by Crippen LogP contribution is 2.26. The van der Waals surface area contributed by atoms with Crippen LogP contribution in [0, 0.1) is 6.92 Å². The van der Waals surface area contributed by atoms with E-state index in [1.54, 1.807) is 0 Å². The topological polar surface area (TPSA) is 48.1 Å². The van der Waals surface area contributed by atoms with Gasteiger partial charge in [0.25, 0.3) is 5.91 Å². The molecular weight excluding hydrogens is 238 g/mol. The van der Waals surface area contributed by atoms with E-state index in [1.807, 2.05) is 19.2 Å². The summed E-state index contributed by atoms with van der Waals surface area (Å²) in [6.07, 6.45) is 8.35. The second-order valence-corrected chi connectivity index (χ2v) is 5.93. The van der Waals surface area contributed by atoms with E-state index in [2.05, 4.69) is 15.2 Å². The standard InChI is InChI=1S/C15H23N3O/c1-11-6-8-16-14(11)15(19)17-12-7-9-18(10-12)13-4-2-3-5-13/h6,8,12-13,16H,2-5,7,9-10H2,1H3,(H,17,19). The van der Waals surface area contributed by atoms with Crippen LogP contribution < -0.4 is 5.32 Å². The normalized spacial score (nSPS) is 25.0. The maximum absolute atomic E-state index is 12.1. The lowest BCUT2D eigenvalue weighted by Gasteiger charge is -2.23. The molecule has 2 fully saturated rings. The van der Waals surface area contributed by atoms with Gasteiger partial charge in [0.1, 0.15) is 5.69 Å². The summed E-state index contributed by atoms with van der Waals surface area (Å²) in [6.45, 7) is 4.13. The minimum atomic E-state index is 0.0424. The van der Waals surface area contributed by atoms with E-state index >= 15 is 0 Å². The quantitative estimate of drug-likeness (QED) is 0.875. The highest BCUT2D eigenvalue weighted by molar-refractivity contribution is 5.94. The number of nitrogens with one attached hydrogen (secondary N) is 2. The first-order chi connectivity index (χ1) is 9.24. The smallest absolute Gasteiger partial charge is 0.268 e. The lowest BCUT2D eigenvalue weighted by Crippen LogP contribution is -2.39.